The summed E-state index contributed by atoms with van der Waals surface area (Å²) >= 11 is 0. The Kier molecular flexibility index (Phi) is 4.47. The Balaban J connectivity index is 1.85. The second-order valence-corrected chi connectivity index (χ2v) is 4.20. The first-order valence-electron chi connectivity index (χ1n) is 6.00. The number of methoxy groups -OCH3 is 1. The highest BCUT2D eigenvalue weighted by atomic mass is 16.5. The number of hydrogen-bond donors (Lipinski definition) is 1. The van der Waals surface area contributed by atoms with Gasteiger partial charge in [0.2, 0.25) is 11.7 Å². The number of aromatic nitrogens is 2. The summed E-state index contributed by atoms with van der Waals surface area (Å²) in [5.41, 5.74) is 5.56. The van der Waals surface area contributed by atoms with Crippen LogP contribution in [0.1, 0.15) is 37.1 Å². The van der Waals surface area contributed by atoms with Gasteiger partial charge >= 0.3 is 0 Å². The van der Waals surface area contributed by atoms with Crippen molar-refractivity contribution in [2.24, 2.45) is 5.73 Å². The van der Waals surface area contributed by atoms with E-state index in [-0.39, 0.29) is 12.2 Å². The van der Waals surface area contributed by atoms with Gasteiger partial charge in [-0.2, -0.15) is 4.98 Å². The second kappa shape index (κ2) is 6.09. The van der Waals surface area contributed by atoms with Gasteiger partial charge in [0.15, 0.2) is 0 Å². The summed E-state index contributed by atoms with van der Waals surface area (Å²) < 4.78 is 15.8. The minimum absolute atomic E-state index is 0.0523. The predicted molar refractivity (Wildman–Crippen MR) is 60.4 cm³/mol. The van der Waals surface area contributed by atoms with Crippen molar-refractivity contribution in [2.75, 3.05) is 20.3 Å². The van der Waals surface area contributed by atoms with Crippen LogP contribution >= 0.6 is 0 Å². The highest BCUT2D eigenvalue weighted by Crippen LogP contribution is 2.30. The molecule has 1 aliphatic heterocycles. The molecule has 0 aliphatic carbocycles. The number of nitrogens with zero attached hydrogens (tertiary/aromatic N) is 2. The molecule has 2 N–H and O–H groups in total. The molecule has 6 nitrogen and oxygen atoms in total. The van der Waals surface area contributed by atoms with Gasteiger partial charge in [-0.25, -0.2) is 0 Å². The van der Waals surface area contributed by atoms with E-state index in [0.29, 0.717) is 24.9 Å². The minimum atomic E-state index is -0.0523. The summed E-state index contributed by atoms with van der Waals surface area (Å²) in [4.78, 5) is 4.33. The van der Waals surface area contributed by atoms with Crippen LogP contribution in [0.4, 0.5) is 0 Å². The number of hydrogen-bond acceptors (Lipinski definition) is 6. The Morgan fingerprint density at radius 1 is 1.47 bits per heavy atom. The lowest BCUT2D eigenvalue weighted by Crippen LogP contribution is -2.19. The minimum Gasteiger partial charge on any atom is -0.385 e. The van der Waals surface area contributed by atoms with E-state index in [1.807, 2.05) is 0 Å². The zero-order valence-electron chi connectivity index (χ0n) is 10.1. The van der Waals surface area contributed by atoms with Crippen LogP contribution in [0, 0.1) is 0 Å². The molecule has 17 heavy (non-hydrogen) atoms. The van der Waals surface area contributed by atoms with Gasteiger partial charge in [-0.1, -0.05) is 5.16 Å². The van der Waals surface area contributed by atoms with Crippen molar-refractivity contribution in [3.05, 3.63) is 11.7 Å². The highest BCUT2D eigenvalue weighted by molar-refractivity contribution is 4.94. The van der Waals surface area contributed by atoms with Crippen molar-refractivity contribution in [1.29, 1.82) is 0 Å². The summed E-state index contributed by atoms with van der Waals surface area (Å²) in [5, 5.41) is 3.95. The molecule has 0 aromatic carbocycles. The Morgan fingerprint density at radius 2 is 2.35 bits per heavy atom. The highest BCUT2D eigenvalue weighted by Gasteiger charge is 2.29. The number of nitrogens with two attached hydrogens (primary N) is 1. The summed E-state index contributed by atoms with van der Waals surface area (Å²) in [5.74, 6) is 1.30. The molecule has 0 saturated carbocycles. The molecule has 0 bridgehead atoms. The van der Waals surface area contributed by atoms with Crippen molar-refractivity contribution < 1.29 is 14.0 Å². The van der Waals surface area contributed by atoms with E-state index in [4.69, 9.17) is 19.7 Å². The Hall–Kier alpha value is -0.980. The molecule has 1 aromatic rings. The zero-order valence-corrected chi connectivity index (χ0v) is 10.1. The van der Waals surface area contributed by atoms with Crippen LogP contribution in [0.25, 0.3) is 0 Å². The molecular formula is C11H19N3O3. The van der Waals surface area contributed by atoms with E-state index in [9.17, 15) is 0 Å². The van der Waals surface area contributed by atoms with E-state index in [1.165, 1.54) is 0 Å². The van der Waals surface area contributed by atoms with E-state index in [0.717, 1.165) is 25.7 Å². The summed E-state index contributed by atoms with van der Waals surface area (Å²) in [6, 6.07) is 0. The lowest BCUT2D eigenvalue weighted by Gasteiger charge is -2.07. The molecule has 0 amide bonds. The van der Waals surface area contributed by atoms with Crippen LogP contribution < -0.4 is 5.73 Å². The maximum absolute atomic E-state index is 5.70. The molecule has 2 atom stereocenters. The molecule has 1 aromatic heterocycles. The Morgan fingerprint density at radius 3 is 3.06 bits per heavy atom. The van der Waals surface area contributed by atoms with Gasteiger partial charge in [0, 0.05) is 26.7 Å². The summed E-state index contributed by atoms with van der Waals surface area (Å²) in [7, 11) is 1.68. The first-order valence-corrected chi connectivity index (χ1v) is 6.00. The van der Waals surface area contributed by atoms with Crippen molar-refractivity contribution in [3.63, 3.8) is 0 Å². The van der Waals surface area contributed by atoms with Crippen LogP contribution in [-0.4, -0.2) is 36.5 Å². The number of aryl methyl sites for hydroxylation is 1. The maximum Gasteiger partial charge on any atom is 0.226 e. The van der Waals surface area contributed by atoms with Crippen molar-refractivity contribution in [1.82, 2.24) is 10.1 Å². The lowest BCUT2D eigenvalue weighted by atomic mass is 10.2. The molecule has 6 heteroatoms. The maximum atomic E-state index is 5.70. The normalized spacial score (nSPS) is 24.4. The predicted octanol–water partition coefficient (Wildman–Crippen LogP) is 0.827. The number of ether oxygens (including phenoxy) is 2. The quantitative estimate of drug-likeness (QED) is 0.743. The van der Waals surface area contributed by atoms with Crippen LogP contribution in [0.2, 0.25) is 0 Å². The molecular weight excluding hydrogens is 222 g/mol. The van der Waals surface area contributed by atoms with Crippen molar-refractivity contribution in [2.45, 2.75) is 37.9 Å². The van der Waals surface area contributed by atoms with Crippen LogP contribution in [-0.2, 0) is 15.9 Å². The van der Waals surface area contributed by atoms with Gasteiger partial charge in [-0.15, -0.1) is 0 Å². The van der Waals surface area contributed by atoms with Gasteiger partial charge in [0.1, 0.15) is 6.10 Å². The molecule has 0 radical (unpaired) electrons. The average molecular weight is 241 g/mol. The summed E-state index contributed by atoms with van der Waals surface area (Å²) in [6.45, 7) is 1.25. The fraction of sp³-hybridized carbons (Fsp3) is 0.818. The fourth-order valence-corrected chi connectivity index (χ4v) is 1.94. The van der Waals surface area contributed by atoms with Gasteiger partial charge in [0.25, 0.3) is 0 Å². The SMILES string of the molecule is COCCCc1nc(C2CCC(CN)O2)no1. The fourth-order valence-electron chi connectivity index (χ4n) is 1.94. The van der Waals surface area contributed by atoms with Gasteiger partial charge < -0.3 is 19.7 Å². The topological polar surface area (TPSA) is 83.4 Å². The molecule has 2 unspecified atom stereocenters. The van der Waals surface area contributed by atoms with E-state index in [2.05, 4.69) is 10.1 Å². The molecule has 2 rings (SSSR count). The lowest BCUT2D eigenvalue weighted by molar-refractivity contribution is 0.0435. The molecule has 96 valence electrons. The first kappa shape index (κ1) is 12.5. The van der Waals surface area contributed by atoms with Crippen LogP contribution in [0.3, 0.4) is 0 Å². The van der Waals surface area contributed by atoms with Crippen molar-refractivity contribution >= 4 is 0 Å². The smallest absolute Gasteiger partial charge is 0.226 e. The van der Waals surface area contributed by atoms with E-state index >= 15 is 0 Å². The molecule has 0 spiro atoms. The monoisotopic (exact) mass is 241 g/mol. The average Bonchev–Trinajstić information content (AvgIpc) is 2.97. The Labute approximate surface area is 100 Å². The molecule has 1 fully saturated rings. The molecule has 1 aliphatic rings. The summed E-state index contributed by atoms with van der Waals surface area (Å²) in [6.07, 6.45) is 3.59. The third-order valence-corrected chi connectivity index (χ3v) is 2.88. The number of rotatable bonds is 6. The second-order valence-electron chi connectivity index (χ2n) is 4.20. The van der Waals surface area contributed by atoms with E-state index in [1.54, 1.807) is 7.11 Å². The first-order chi connectivity index (χ1) is 8.33. The molecule has 1 saturated heterocycles. The van der Waals surface area contributed by atoms with Gasteiger partial charge in [-0.3, -0.25) is 0 Å². The standard InChI is InChI=1S/C11H19N3O3/c1-15-6-2-3-10-13-11(14-17-10)9-5-4-8(7-12)16-9/h8-9H,2-7,12H2,1H3. The van der Waals surface area contributed by atoms with Gasteiger partial charge in [0.05, 0.1) is 6.10 Å². The van der Waals surface area contributed by atoms with Crippen LogP contribution in [0.15, 0.2) is 4.52 Å². The Bertz CT molecular complexity index is 342. The van der Waals surface area contributed by atoms with Gasteiger partial charge in [-0.05, 0) is 19.3 Å². The third-order valence-electron chi connectivity index (χ3n) is 2.88. The van der Waals surface area contributed by atoms with Crippen molar-refractivity contribution in [3.8, 4) is 0 Å². The van der Waals surface area contributed by atoms with E-state index < -0.39 is 0 Å². The van der Waals surface area contributed by atoms with Crippen LogP contribution in [0.5, 0.6) is 0 Å². The zero-order chi connectivity index (χ0) is 12.1. The molecule has 2 heterocycles. The largest absolute Gasteiger partial charge is 0.385 e. The third kappa shape index (κ3) is 3.24.